The predicted octanol–water partition coefficient (Wildman–Crippen LogP) is 1.31. The maximum absolute atomic E-state index is 12.4. The molecule has 1 saturated heterocycles. The summed E-state index contributed by atoms with van der Waals surface area (Å²) in [6.45, 7) is -0.237. The highest BCUT2D eigenvalue weighted by molar-refractivity contribution is 9.10. The zero-order valence-corrected chi connectivity index (χ0v) is 13.2. The van der Waals surface area contributed by atoms with Gasteiger partial charge in [0.15, 0.2) is 0 Å². The molecule has 20 heavy (non-hydrogen) atoms. The normalized spacial score (nSPS) is 23.9. The number of carboxylic acid groups (broad SMARTS) is 1. The highest BCUT2D eigenvalue weighted by Gasteiger charge is 2.43. The largest absolute Gasteiger partial charge is 0.480 e. The molecule has 2 atom stereocenters. The van der Waals surface area contributed by atoms with E-state index >= 15 is 0 Å². The Hall–Kier alpha value is -0.670. The number of nitrogens with zero attached hydrogens (tertiary/aromatic N) is 1. The van der Waals surface area contributed by atoms with Crippen molar-refractivity contribution in [3.8, 4) is 0 Å². The molecule has 1 heterocycles. The first-order chi connectivity index (χ1) is 9.23. The van der Waals surface area contributed by atoms with Gasteiger partial charge in [0.25, 0.3) is 0 Å². The van der Waals surface area contributed by atoms with Gasteiger partial charge in [-0.05, 0) is 34.1 Å². The number of aliphatic hydroxyl groups excluding tert-OH is 1. The molecule has 2 rings (SSSR count). The Morgan fingerprint density at radius 2 is 2.10 bits per heavy atom. The van der Waals surface area contributed by atoms with Crippen molar-refractivity contribution in [3.63, 3.8) is 0 Å². The summed E-state index contributed by atoms with van der Waals surface area (Å²) in [6.07, 6.45) is -1.11. The van der Waals surface area contributed by atoms with Gasteiger partial charge >= 0.3 is 5.97 Å². The molecule has 1 aromatic rings. The standard InChI is InChI=1S/C11H11BrClNO5S/c12-8-4-7(1-2-9(8)13)20(18,19)14-5-6(15)3-10(14)11(16)17/h1-2,4,6,10,15H,3,5H2,(H,16,17)/t6?,10-/m0/s1. The molecule has 0 aliphatic carbocycles. The van der Waals surface area contributed by atoms with Gasteiger partial charge in [-0.2, -0.15) is 4.31 Å². The van der Waals surface area contributed by atoms with E-state index in [9.17, 15) is 18.3 Å². The number of hydrogen-bond acceptors (Lipinski definition) is 4. The Morgan fingerprint density at radius 3 is 2.65 bits per heavy atom. The second kappa shape index (κ2) is 5.61. The molecule has 2 N–H and O–H groups in total. The van der Waals surface area contributed by atoms with Crippen LogP contribution in [-0.4, -0.2) is 47.6 Å². The van der Waals surface area contributed by atoms with E-state index < -0.39 is 28.1 Å². The highest BCUT2D eigenvalue weighted by Crippen LogP contribution is 2.30. The zero-order chi connectivity index (χ0) is 15.1. The minimum absolute atomic E-state index is 0.0749. The average molecular weight is 385 g/mol. The summed E-state index contributed by atoms with van der Waals surface area (Å²) < 4.78 is 26.1. The first-order valence-electron chi connectivity index (χ1n) is 5.61. The third kappa shape index (κ3) is 2.84. The molecule has 1 fully saturated rings. The second-order valence-corrected chi connectivity index (χ2v) is 7.55. The van der Waals surface area contributed by atoms with Gasteiger partial charge < -0.3 is 10.2 Å². The van der Waals surface area contributed by atoms with Crippen molar-refractivity contribution in [2.45, 2.75) is 23.5 Å². The third-order valence-electron chi connectivity index (χ3n) is 3.02. The van der Waals surface area contributed by atoms with Crippen LogP contribution in [0, 0.1) is 0 Å². The Balaban J connectivity index is 2.43. The first-order valence-corrected chi connectivity index (χ1v) is 8.22. The fourth-order valence-corrected chi connectivity index (χ4v) is 4.35. The van der Waals surface area contributed by atoms with Crippen molar-refractivity contribution in [2.24, 2.45) is 0 Å². The number of aliphatic hydroxyl groups is 1. The predicted molar refractivity (Wildman–Crippen MR) is 75.1 cm³/mol. The molecule has 0 amide bonds. The topological polar surface area (TPSA) is 94.9 Å². The van der Waals surface area contributed by atoms with Gasteiger partial charge in [0, 0.05) is 17.4 Å². The third-order valence-corrected chi connectivity index (χ3v) is 6.10. The molecule has 1 aliphatic heterocycles. The van der Waals surface area contributed by atoms with E-state index in [4.69, 9.17) is 16.7 Å². The van der Waals surface area contributed by atoms with Gasteiger partial charge in [-0.3, -0.25) is 4.79 Å². The summed E-state index contributed by atoms with van der Waals surface area (Å²) in [6, 6.07) is 2.75. The lowest BCUT2D eigenvalue weighted by molar-refractivity contribution is -0.140. The maximum Gasteiger partial charge on any atom is 0.322 e. The van der Waals surface area contributed by atoms with Crippen LogP contribution in [0.3, 0.4) is 0 Å². The van der Waals surface area contributed by atoms with Crippen LogP contribution in [0.4, 0.5) is 0 Å². The fourth-order valence-electron chi connectivity index (χ4n) is 2.05. The van der Waals surface area contributed by atoms with E-state index in [-0.39, 0.29) is 17.9 Å². The lowest BCUT2D eigenvalue weighted by atomic mass is 10.2. The van der Waals surface area contributed by atoms with Gasteiger partial charge in [-0.25, -0.2) is 8.42 Å². The Bertz CT molecular complexity index is 650. The summed E-state index contributed by atoms with van der Waals surface area (Å²) in [5, 5.41) is 18.9. The van der Waals surface area contributed by atoms with Gasteiger partial charge in [0.05, 0.1) is 16.0 Å². The summed E-state index contributed by atoms with van der Waals surface area (Å²) >= 11 is 8.93. The van der Waals surface area contributed by atoms with E-state index in [0.29, 0.717) is 9.50 Å². The molecule has 6 nitrogen and oxygen atoms in total. The van der Waals surface area contributed by atoms with Crippen molar-refractivity contribution in [2.75, 3.05) is 6.54 Å². The van der Waals surface area contributed by atoms with Crippen molar-refractivity contribution in [3.05, 3.63) is 27.7 Å². The van der Waals surface area contributed by atoms with Crippen LogP contribution in [0.5, 0.6) is 0 Å². The SMILES string of the molecule is O=C(O)[C@@H]1CC(O)CN1S(=O)(=O)c1ccc(Cl)c(Br)c1. The van der Waals surface area contributed by atoms with Crippen LogP contribution in [0.25, 0.3) is 0 Å². The summed E-state index contributed by atoms with van der Waals surface area (Å²) in [5.41, 5.74) is 0. The number of rotatable bonds is 3. The molecule has 0 aromatic heterocycles. The van der Waals surface area contributed by atoms with Crippen molar-refractivity contribution in [1.29, 1.82) is 0 Å². The van der Waals surface area contributed by atoms with E-state index in [2.05, 4.69) is 15.9 Å². The van der Waals surface area contributed by atoms with Crippen LogP contribution in [-0.2, 0) is 14.8 Å². The van der Waals surface area contributed by atoms with E-state index in [0.717, 1.165) is 4.31 Å². The number of sulfonamides is 1. The van der Waals surface area contributed by atoms with Crippen LogP contribution >= 0.6 is 27.5 Å². The molecule has 0 saturated carbocycles. The molecular formula is C11H11BrClNO5S. The molecule has 9 heteroatoms. The van der Waals surface area contributed by atoms with Gasteiger partial charge in [-0.1, -0.05) is 11.6 Å². The Labute approximate surface area is 129 Å². The minimum Gasteiger partial charge on any atom is -0.480 e. The molecule has 1 unspecified atom stereocenters. The van der Waals surface area contributed by atoms with Gasteiger partial charge in [0.2, 0.25) is 10.0 Å². The van der Waals surface area contributed by atoms with Crippen molar-refractivity contribution in [1.82, 2.24) is 4.31 Å². The van der Waals surface area contributed by atoms with E-state index in [1.54, 1.807) is 0 Å². The minimum atomic E-state index is -4.00. The van der Waals surface area contributed by atoms with Crippen LogP contribution in [0.1, 0.15) is 6.42 Å². The molecule has 1 aliphatic rings. The maximum atomic E-state index is 12.4. The zero-order valence-electron chi connectivity index (χ0n) is 10.0. The molecule has 110 valence electrons. The van der Waals surface area contributed by atoms with Crippen LogP contribution in [0.15, 0.2) is 27.6 Å². The quantitative estimate of drug-likeness (QED) is 0.819. The molecular weight excluding hydrogens is 374 g/mol. The number of β-amino-alcohol motifs (C(OH)–C–C–N with tert-alkyl or cyclic N) is 1. The highest BCUT2D eigenvalue weighted by atomic mass is 79.9. The molecule has 0 spiro atoms. The van der Waals surface area contributed by atoms with Crippen LogP contribution < -0.4 is 0 Å². The van der Waals surface area contributed by atoms with E-state index in [1.165, 1.54) is 18.2 Å². The monoisotopic (exact) mass is 383 g/mol. The number of halogens is 2. The van der Waals surface area contributed by atoms with Crippen molar-refractivity contribution >= 4 is 43.5 Å². The first kappa shape index (κ1) is 15.7. The summed E-state index contributed by atoms with van der Waals surface area (Å²) in [7, 11) is -4.00. The van der Waals surface area contributed by atoms with Crippen molar-refractivity contribution < 1.29 is 23.4 Å². The second-order valence-electron chi connectivity index (χ2n) is 4.39. The number of aliphatic carboxylic acids is 1. The summed E-state index contributed by atoms with van der Waals surface area (Å²) in [4.78, 5) is 11.0. The molecule has 0 bridgehead atoms. The average Bonchev–Trinajstić information content (AvgIpc) is 2.75. The van der Waals surface area contributed by atoms with Gasteiger partial charge in [0.1, 0.15) is 6.04 Å². The van der Waals surface area contributed by atoms with Crippen LogP contribution in [0.2, 0.25) is 5.02 Å². The van der Waals surface area contributed by atoms with Gasteiger partial charge in [-0.15, -0.1) is 0 Å². The lowest BCUT2D eigenvalue weighted by Crippen LogP contribution is -2.40. The number of carbonyl (C=O) groups is 1. The smallest absolute Gasteiger partial charge is 0.322 e. The summed E-state index contributed by atoms with van der Waals surface area (Å²) in [5.74, 6) is -1.28. The molecule has 0 radical (unpaired) electrons. The fraction of sp³-hybridized carbons (Fsp3) is 0.364. The lowest BCUT2D eigenvalue weighted by Gasteiger charge is -2.20. The number of benzene rings is 1. The number of carboxylic acids is 1. The molecule has 1 aromatic carbocycles. The Morgan fingerprint density at radius 1 is 1.45 bits per heavy atom. The Kier molecular flexibility index (Phi) is 4.41. The van der Waals surface area contributed by atoms with E-state index in [1.807, 2.05) is 0 Å². The number of hydrogen-bond donors (Lipinski definition) is 2.